The number of nitrogens with one attached hydrogen (secondary N) is 1. The number of ketones is 1. The highest BCUT2D eigenvalue weighted by Crippen LogP contribution is 2.50. The third kappa shape index (κ3) is 2.58. The molecule has 2 rings (SSSR count). The molecular formula is C14H16ClNO. The van der Waals surface area contributed by atoms with Gasteiger partial charge < -0.3 is 5.41 Å². The summed E-state index contributed by atoms with van der Waals surface area (Å²) in [4.78, 5) is 12.2. The maximum atomic E-state index is 12.2. The molecule has 2 nitrogen and oxygen atoms in total. The monoisotopic (exact) mass is 249 g/mol. The van der Waals surface area contributed by atoms with Gasteiger partial charge in [-0.1, -0.05) is 23.7 Å². The Balaban J connectivity index is 2.06. The molecule has 0 spiro atoms. The van der Waals surface area contributed by atoms with E-state index in [2.05, 4.69) is 0 Å². The smallest absolute Gasteiger partial charge is 0.143 e. The predicted molar refractivity (Wildman–Crippen MR) is 70.0 cm³/mol. The summed E-state index contributed by atoms with van der Waals surface area (Å²) in [6, 6.07) is 7.62. The summed E-state index contributed by atoms with van der Waals surface area (Å²) in [7, 11) is 0. The van der Waals surface area contributed by atoms with Crippen LogP contribution in [0.15, 0.2) is 24.3 Å². The van der Waals surface area contributed by atoms with E-state index in [4.69, 9.17) is 17.0 Å². The van der Waals surface area contributed by atoms with Crippen molar-refractivity contribution in [2.45, 2.75) is 37.5 Å². The summed E-state index contributed by atoms with van der Waals surface area (Å²) in [6.07, 6.45) is 5.35. The molecule has 1 aromatic carbocycles. The van der Waals surface area contributed by atoms with E-state index in [0.717, 1.165) is 24.8 Å². The maximum Gasteiger partial charge on any atom is 0.143 e. The van der Waals surface area contributed by atoms with Crippen molar-refractivity contribution in [3.8, 4) is 0 Å². The molecule has 0 heterocycles. The van der Waals surface area contributed by atoms with Gasteiger partial charge in [0.1, 0.15) is 5.78 Å². The minimum Gasteiger partial charge on any atom is -0.313 e. The van der Waals surface area contributed by atoms with Crippen molar-refractivity contribution in [3.05, 3.63) is 34.9 Å². The van der Waals surface area contributed by atoms with Crippen LogP contribution in [0.5, 0.6) is 0 Å². The highest BCUT2D eigenvalue weighted by Gasteiger charge is 2.49. The van der Waals surface area contributed by atoms with Crippen molar-refractivity contribution in [2.75, 3.05) is 0 Å². The van der Waals surface area contributed by atoms with Crippen LogP contribution >= 0.6 is 11.6 Å². The Morgan fingerprint density at radius 2 is 2.00 bits per heavy atom. The molecule has 0 unspecified atom stereocenters. The number of carbonyl (C=O) groups excluding carboxylic acids is 1. The van der Waals surface area contributed by atoms with Crippen LogP contribution in [0, 0.1) is 5.41 Å². The van der Waals surface area contributed by atoms with Gasteiger partial charge >= 0.3 is 0 Å². The van der Waals surface area contributed by atoms with E-state index < -0.39 is 0 Å². The Kier molecular flexibility index (Phi) is 3.63. The lowest BCUT2D eigenvalue weighted by atomic mass is 9.89. The van der Waals surface area contributed by atoms with Gasteiger partial charge in [-0.05, 0) is 49.6 Å². The van der Waals surface area contributed by atoms with E-state index in [-0.39, 0.29) is 5.41 Å². The number of carbonyl (C=O) groups is 1. The zero-order chi connectivity index (χ0) is 12.3. The number of Topliss-reactive ketones (excluding diaryl/α,β-unsaturated/α-hetero) is 1. The van der Waals surface area contributed by atoms with Gasteiger partial charge in [0.15, 0.2) is 0 Å². The number of unbranched alkanes of at least 4 members (excludes halogenated alkanes) is 1. The van der Waals surface area contributed by atoms with Gasteiger partial charge in [0, 0.05) is 11.4 Å². The Hall–Kier alpha value is -1.15. The lowest BCUT2D eigenvalue weighted by Gasteiger charge is -2.14. The van der Waals surface area contributed by atoms with Gasteiger partial charge in [-0.15, -0.1) is 0 Å². The lowest BCUT2D eigenvalue weighted by molar-refractivity contribution is -0.121. The molecule has 1 aromatic rings. The average Bonchev–Trinajstić information content (AvgIpc) is 3.11. The van der Waals surface area contributed by atoms with Gasteiger partial charge in [-0.25, -0.2) is 0 Å². The summed E-state index contributed by atoms with van der Waals surface area (Å²) in [5.41, 5.74) is 0.869. The molecule has 1 aliphatic rings. The average molecular weight is 250 g/mol. The largest absolute Gasteiger partial charge is 0.313 e. The Morgan fingerprint density at radius 1 is 1.35 bits per heavy atom. The van der Waals surface area contributed by atoms with Crippen LogP contribution in [0.1, 0.15) is 37.7 Å². The quantitative estimate of drug-likeness (QED) is 0.605. The fourth-order valence-electron chi connectivity index (χ4n) is 2.23. The zero-order valence-corrected chi connectivity index (χ0v) is 10.5. The first-order chi connectivity index (χ1) is 8.19. The van der Waals surface area contributed by atoms with E-state index in [9.17, 15) is 4.79 Å². The molecule has 0 radical (unpaired) electrons. The molecule has 17 heavy (non-hydrogen) atoms. The highest BCUT2D eigenvalue weighted by molar-refractivity contribution is 6.30. The van der Waals surface area contributed by atoms with E-state index in [0.29, 0.717) is 23.6 Å². The van der Waals surface area contributed by atoms with E-state index in [1.54, 1.807) is 0 Å². The van der Waals surface area contributed by atoms with Gasteiger partial charge in [0.25, 0.3) is 0 Å². The van der Waals surface area contributed by atoms with E-state index in [1.165, 1.54) is 6.21 Å². The molecule has 0 aromatic heterocycles. The second kappa shape index (κ2) is 5.01. The minimum atomic E-state index is -0.230. The Morgan fingerprint density at radius 3 is 2.53 bits per heavy atom. The first kappa shape index (κ1) is 12.3. The molecule has 90 valence electrons. The first-order valence-corrected chi connectivity index (χ1v) is 6.35. The fourth-order valence-corrected chi connectivity index (χ4v) is 2.35. The maximum absolute atomic E-state index is 12.2. The van der Waals surface area contributed by atoms with Crippen molar-refractivity contribution in [1.82, 2.24) is 0 Å². The molecular weight excluding hydrogens is 234 g/mol. The van der Waals surface area contributed by atoms with Crippen molar-refractivity contribution < 1.29 is 4.79 Å². The lowest BCUT2D eigenvalue weighted by Crippen LogP contribution is -2.20. The normalized spacial score (nSPS) is 16.5. The number of hydrogen-bond acceptors (Lipinski definition) is 2. The van der Waals surface area contributed by atoms with Crippen LogP contribution < -0.4 is 0 Å². The molecule has 0 saturated heterocycles. The van der Waals surface area contributed by atoms with Crippen molar-refractivity contribution in [2.24, 2.45) is 0 Å². The van der Waals surface area contributed by atoms with Crippen molar-refractivity contribution >= 4 is 23.6 Å². The number of rotatable bonds is 6. The molecule has 1 saturated carbocycles. The second-order valence-electron chi connectivity index (χ2n) is 4.61. The molecule has 1 N–H and O–H groups in total. The molecule has 1 aliphatic carbocycles. The zero-order valence-electron chi connectivity index (χ0n) is 9.71. The van der Waals surface area contributed by atoms with Crippen molar-refractivity contribution in [3.63, 3.8) is 0 Å². The third-order valence-electron chi connectivity index (χ3n) is 3.43. The van der Waals surface area contributed by atoms with E-state index in [1.807, 2.05) is 24.3 Å². The van der Waals surface area contributed by atoms with Crippen LogP contribution in [0.25, 0.3) is 0 Å². The number of benzene rings is 1. The molecule has 0 amide bonds. The van der Waals surface area contributed by atoms with Crippen LogP contribution in [0.3, 0.4) is 0 Å². The third-order valence-corrected chi connectivity index (χ3v) is 3.68. The van der Waals surface area contributed by atoms with Gasteiger partial charge in [-0.3, -0.25) is 4.79 Å². The number of hydrogen-bond donors (Lipinski definition) is 1. The predicted octanol–water partition coefficient (Wildman–Crippen LogP) is 3.76. The SMILES string of the molecule is N=CCCCC(=O)C1(c2ccc(Cl)cc2)CC1. The minimum absolute atomic E-state index is 0.230. The summed E-state index contributed by atoms with van der Waals surface area (Å²) in [6.45, 7) is 0. The van der Waals surface area contributed by atoms with Gasteiger partial charge in [-0.2, -0.15) is 0 Å². The Bertz CT molecular complexity index is 420. The van der Waals surface area contributed by atoms with Crippen molar-refractivity contribution in [1.29, 1.82) is 5.41 Å². The Labute approximate surface area is 106 Å². The van der Waals surface area contributed by atoms with Crippen LogP contribution in [0.4, 0.5) is 0 Å². The number of halogens is 1. The van der Waals surface area contributed by atoms with E-state index >= 15 is 0 Å². The van der Waals surface area contributed by atoms with Gasteiger partial charge in [0.05, 0.1) is 5.41 Å². The van der Waals surface area contributed by atoms with Gasteiger partial charge in [0.2, 0.25) is 0 Å². The second-order valence-corrected chi connectivity index (χ2v) is 5.04. The fraction of sp³-hybridized carbons (Fsp3) is 0.429. The molecule has 1 fully saturated rings. The van der Waals surface area contributed by atoms with Crippen LogP contribution in [-0.2, 0) is 10.2 Å². The summed E-state index contributed by atoms with van der Waals surface area (Å²) >= 11 is 5.85. The highest BCUT2D eigenvalue weighted by atomic mass is 35.5. The first-order valence-electron chi connectivity index (χ1n) is 5.97. The summed E-state index contributed by atoms with van der Waals surface area (Å²) < 4.78 is 0. The van der Waals surface area contributed by atoms with Crippen LogP contribution in [0.2, 0.25) is 5.02 Å². The standard InChI is InChI=1S/C14H16ClNO/c15-12-6-4-11(5-7-12)14(8-9-14)13(17)3-1-2-10-16/h4-7,10,16H,1-3,8-9H2. The van der Waals surface area contributed by atoms with Crippen LogP contribution in [-0.4, -0.2) is 12.0 Å². The molecule has 0 atom stereocenters. The molecule has 0 bridgehead atoms. The topological polar surface area (TPSA) is 40.9 Å². The molecule has 0 aliphatic heterocycles. The molecule has 3 heteroatoms. The summed E-state index contributed by atoms with van der Waals surface area (Å²) in [5, 5.41) is 7.66. The summed E-state index contributed by atoms with van der Waals surface area (Å²) in [5.74, 6) is 0.321.